The number of thioether (sulfide) groups is 1. The quantitative estimate of drug-likeness (QED) is 0.531. The third-order valence-corrected chi connectivity index (χ3v) is 5.28. The van der Waals surface area contributed by atoms with E-state index >= 15 is 0 Å². The molecule has 0 fully saturated rings. The molecule has 0 aliphatic rings. The van der Waals surface area contributed by atoms with Gasteiger partial charge < -0.3 is 19.3 Å². The van der Waals surface area contributed by atoms with E-state index in [1.165, 1.54) is 18.9 Å². The Morgan fingerprint density at radius 3 is 2.75 bits per heavy atom. The van der Waals surface area contributed by atoms with Crippen molar-refractivity contribution < 1.29 is 27.2 Å². The fourth-order valence-corrected chi connectivity index (χ4v) is 3.63. The Kier molecular flexibility index (Phi) is 6.24. The highest BCUT2D eigenvalue weighted by Gasteiger charge is 2.27. The molecule has 8 nitrogen and oxygen atoms in total. The fourth-order valence-electron chi connectivity index (χ4n) is 2.04. The minimum atomic E-state index is -4.32. The summed E-state index contributed by atoms with van der Waals surface area (Å²) in [6.07, 6.45) is -4.32. The highest BCUT2D eigenvalue weighted by Crippen LogP contribution is 2.33. The van der Waals surface area contributed by atoms with E-state index in [1.54, 1.807) is 25.3 Å². The number of aromatic nitrogens is 4. The largest absolute Gasteiger partial charge is 0.497 e. The molecule has 0 aliphatic carbocycles. The predicted molar refractivity (Wildman–Crippen MR) is 96.9 cm³/mol. The number of ether oxygens (including phenoxy) is 2. The third kappa shape index (κ3) is 5.25. The molecular weight excluding hydrogens is 419 g/mol. The lowest BCUT2D eigenvalue weighted by Crippen LogP contribution is -2.21. The molecule has 0 amide bonds. The standard InChI is InChI=1S/C15H14F3N5O3S2/c1-24-8-3-4-9(10(5-8)25-2)12-20-11(26-23-12)6-27-14-22-21-13(28-14)19-7-15(16,17)18/h3-5H,6-7H2,1-2H3,(H,19,21). The number of hydrogen-bond donors (Lipinski definition) is 1. The van der Waals surface area contributed by atoms with Gasteiger partial charge in [-0.1, -0.05) is 28.3 Å². The van der Waals surface area contributed by atoms with Crippen molar-refractivity contribution >= 4 is 28.2 Å². The molecule has 0 radical (unpaired) electrons. The molecule has 0 unspecified atom stereocenters. The van der Waals surface area contributed by atoms with E-state index in [1.807, 2.05) is 0 Å². The van der Waals surface area contributed by atoms with Crippen molar-refractivity contribution in [3.63, 3.8) is 0 Å². The van der Waals surface area contributed by atoms with Gasteiger partial charge >= 0.3 is 6.18 Å². The lowest BCUT2D eigenvalue weighted by Gasteiger charge is -2.07. The van der Waals surface area contributed by atoms with E-state index in [0.29, 0.717) is 38.9 Å². The van der Waals surface area contributed by atoms with E-state index in [2.05, 4.69) is 25.7 Å². The Hall–Kier alpha value is -2.54. The first-order chi connectivity index (χ1) is 13.4. The van der Waals surface area contributed by atoms with E-state index in [0.717, 1.165) is 11.3 Å². The first-order valence-electron chi connectivity index (χ1n) is 7.70. The maximum atomic E-state index is 12.2. The summed E-state index contributed by atoms with van der Waals surface area (Å²) >= 11 is 2.24. The summed E-state index contributed by atoms with van der Waals surface area (Å²) < 4.78 is 52.8. The van der Waals surface area contributed by atoms with Crippen LogP contribution in [-0.4, -0.2) is 47.3 Å². The molecule has 150 valence electrons. The van der Waals surface area contributed by atoms with Crippen molar-refractivity contribution in [1.29, 1.82) is 0 Å². The first-order valence-corrected chi connectivity index (χ1v) is 9.50. The minimum absolute atomic E-state index is 0.0917. The summed E-state index contributed by atoms with van der Waals surface area (Å²) in [4.78, 5) is 4.31. The van der Waals surface area contributed by atoms with Crippen LogP contribution in [0.25, 0.3) is 11.4 Å². The molecule has 13 heteroatoms. The van der Waals surface area contributed by atoms with Crippen LogP contribution in [0.3, 0.4) is 0 Å². The Balaban J connectivity index is 1.62. The van der Waals surface area contributed by atoms with Gasteiger partial charge in [0.1, 0.15) is 18.0 Å². The van der Waals surface area contributed by atoms with Crippen LogP contribution in [0.5, 0.6) is 11.5 Å². The average molecular weight is 433 g/mol. The summed E-state index contributed by atoms with van der Waals surface area (Å²) in [6.45, 7) is -1.16. The van der Waals surface area contributed by atoms with Gasteiger partial charge in [-0.25, -0.2) is 0 Å². The summed E-state index contributed by atoms with van der Waals surface area (Å²) in [5.74, 6) is 2.13. The number of alkyl halides is 3. The van der Waals surface area contributed by atoms with Crippen LogP contribution in [0.2, 0.25) is 0 Å². The van der Waals surface area contributed by atoms with E-state index in [9.17, 15) is 13.2 Å². The Bertz CT molecular complexity index is 932. The fraction of sp³-hybridized carbons (Fsp3) is 0.333. The van der Waals surface area contributed by atoms with Crippen LogP contribution < -0.4 is 14.8 Å². The molecule has 3 rings (SSSR count). The molecule has 2 heterocycles. The second-order valence-electron chi connectivity index (χ2n) is 5.21. The van der Waals surface area contributed by atoms with E-state index < -0.39 is 12.7 Å². The van der Waals surface area contributed by atoms with E-state index in [4.69, 9.17) is 14.0 Å². The molecular formula is C15H14F3N5O3S2. The molecule has 3 aromatic rings. The number of nitrogens with one attached hydrogen (secondary N) is 1. The number of benzene rings is 1. The third-order valence-electron chi connectivity index (χ3n) is 3.28. The van der Waals surface area contributed by atoms with Gasteiger partial charge in [-0.15, -0.1) is 10.2 Å². The number of halogens is 3. The van der Waals surface area contributed by atoms with Crippen LogP contribution in [0.1, 0.15) is 5.89 Å². The summed E-state index contributed by atoms with van der Waals surface area (Å²) in [5.41, 5.74) is 0.637. The van der Waals surface area contributed by atoms with Crippen LogP contribution in [0.4, 0.5) is 18.3 Å². The number of nitrogens with zero attached hydrogens (tertiary/aromatic N) is 4. The van der Waals surface area contributed by atoms with Gasteiger partial charge in [0, 0.05) is 6.07 Å². The number of rotatable bonds is 8. The van der Waals surface area contributed by atoms with Crippen molar-refractivity contribution in [3.8, 4) is 22.9 Å². The highest BCUT2D eigenvalue weighted by atomic mass is 32.2. The zero-order valence-electron chi connectivity index (χ0n) is 14.6. The van der Waals surface area contributed by atoms with Crippen LogP contribution in [0, 0.1) is 0 Å². The minimum Gasteiger partial charge on any atom is -0.497 e. The first kappa shape index (κ1) is 20.2. The topological polar surface area (TPSA) is 95.2 Å². The zero-order chi connectivity index (χ0) is 20.1. The Morgan fingerprint density at radius 2 is 2.04 bits per heavy atom. The van der Waals surface area contributed by atoms with Gasteiger partial charge in [-0.05, 0) is 12.1 Å². The highest BCUT2D eigenvalue weighted by molar-refractivity contribution is 8.00. The molecule has 0 spiro atoms. The van der Waals surface area contributed by atoms with E-state index in [-0.39, 0.29) is 5.13 Å². The van der Waals surface area contributed by atoms with Crippen LogP contribution >= 0.6 is 23.1 Å². The molecule has 0 aliphatic heterocycles. The summed E-state index contributed by atoms with van der Waals surface area (Å²) in [6, 6.07) is 5.21. The van der Waals surface area contributed by atoms with Gasteiger partial charge in [-0.3, -0.25) is 0 Å². The summed E-state index contributed by atoms with van der Waals surface area (Å²) in [5, 5.41) is 13.7. The second-order valence-corrected chi connectivity index (χ2v) is 7.41. The zero-order valence-corrected chi connectivity index (χ0v) is 16.2. The second kappa shape index (κ2) is 8.65. The average Bonchev–Trinajstić information content (AvgIpc) is 3.33. The predicted octanol–water partition coefficient (Wildman–Crippen LogP) is 3.87. The van der Waals surface area contributed by atoms with Crippen molar-refractivity contribution in [2.24, 2.45) is 0 Å². The van der Waals surface area contributed by atoms with Gasteiger partial charge in [0.25, 0.3) is 0 Å². The maximum Gasteiger partial charge on any atom is 0.405 e. The smallest absolute Gasteiger partial charge is 0.405 e. The Labute approximate surface area is 165 Å². The molecule has 1 aromatic carbocycles. The molecule has 0 atom stereocenters. The normalized spacial score (nSPS) is 11.5. The van der Waals surface area contributed by atoms with Gasteiger partial charge in [0.2, 0.25) is 16.8 Å². The molecule has 0 saturated heterocycles. The van der Waals surface area contributed by atoms with Gasteiger partial charge in [0.15, 0.2) is 4.34 Å². The molecule has 2 aromatic heterocycles. The van der Waals surface area contributed by atoms with Crippen molar-refractivity contribution in [2.45, 2.75) is 16.3 Å². The number of methoxy groups -OCH3 is 2. The summed E-state index contributed by atoms with van der Waals surface area (Å²) in [7, 11) is 3.07. The Morgan fingerprint density at radius 1 is 1.21 bits per heavy atom. The molecule has 0 bridgehead atoms. The van der Waals surface area contributed by atoms with Gasteiger partial charge in [-0.2, -0.15) is 18.2 Å². The lowest BCUT2D eigenvalue weighted by atomic mass is 10.2. The maximum absolute atomic E-state index is 12.2. The molecule has 0 saturated carbocycles. The van der Waals surface area contributed by atoms with Crippen molar-refractivity contribution in [1.82, 2.24) is 20.3 Å². The molecule has 28 heavy (non-hydrogen) atoms. The van der Waals surface area contributed by atoms with Crippen molar-refractivity contribution in [2.75, 3.05) is 26.1 Å². The van der Waals surface area contributed by atoms with Gasteiger partial charge in [0.05, 0.1) is 25.5 Å². The number of hydrogen-bond acceptors (Lipinski definition) is 10. The van der Waals surface area contributed by atoms with Crippen LogP contribution in [-0.2, 0) is 5.75 Å². The molecule has 1 N–H and O–H groups in total. The van der Waals surface area contributed by atoms with Crippen molar-refractivity contribution in [3.05, 3.63) is 24.1 Å². The lowest BCUT2D eigenvalue weighted by molar-refractivity contribution is -0.115. The van der Waals surface area contributed by atoms with Crippen LogP contribution in [0.15, 0.2) is 27.1 Å². The SMILES string of the molecule is COc1ccc(-c2noc(CSc3nnc(NCC(F)(F)F)s3)n2)c(OC)c1. The monoisotopic (exact) mass is 433 g/mol. The number of anilines is 1.